The molecule has 1 aliphatic rings. The summed E-state index contributed by atoms with van der Waals surface area (Å²) < 4.78 is 0. The van der Waals surface area contributed by atoms with E-state index >= 15 is 0 Å². The molecule has 3 nitrogen and oxygen atoms in total. The molecule has 3 heteroatoms. The summed E-state index contributed by atoms with van der Waals surface area (Å²) in [6.45, 7) is 0.465. The molecule has 1 aliphatic carbocycles. The average molecular weight is 156 g/mol. The van der Waals surface area contributed by atoms with Crippen LogP contribution in [0.4, 0.5) is 0 Å². The molecular weight excluding hydrogens is 142 g/mol. The third-order valence-corrected chi connectivity index (χ3v) is 2.48. The monoisotopic (exact) mass is 156 g/mol. The van der Waals surface area contributed by atoms with Gasteiger partial charge in [-0.2, -0.15) is 0 Å². The molecule has 0 atom stereocenters. The second kappa shape index (κ2) is 3.72. The smallest absolute Gasteiger partial charge is 0.306 e. The highest BCUT2D eigenvalue weighted by atomic mass is 16.4. The highest BCUT2D eigenvalue weighted by molar-refractivity contribution is 5.69. The number of carboxylic acids is 1. The predicted octanol–water partition coefficient (Wildman–Crippen LogP) is 1.16. The van der Waals surface area contributed by atoms with Gasteiger partial charge in [-0.15, -0.1) is 0 Å². The summed E-state index contributed by atoms with van der Waals surface area (Å²) in [4.78, 5) is 10.5. The minimum absolute atomic E-state index is 0.127. The van der Waals surface area contributed by atoms with Gasteiger partial charge in [-0.1, -0.05) is 0 Å². The van der Waals surface area contributed by atoms with Crippen LogP contribution in [0.25, 0.3) is 0 Å². The maximum absolute atomic E-state index is 10.5. The fourth-order valence-electron chi connectivity index (χ4n) is 1.61. The lowest BCUT2D eigenvalue weighted by molar-refractivity contribution is -0.143. The van der Waals surface area contributed by atoms with Gasteiger partial charge < -0.3 is 5.11 Å². The molecule has 0 aromatic carbocycles. The third kappa shape index (κ3) is 2.19. The second-order valence-electron chi connectivity index (χ2n) is 3.26. The lowest BCUT2D eigenvalue weighted by Crippen LogP contribution is -2.23. The topological polar surface area (TPSA) is 61.1 Å². The van der Waals surface area contributed by atoms with Crippen LogP contribution in [-0.2, 0) is 4.79 Å². The molecular formula is C8H14NO2. The van der Waals surface area contributed by atoms with Crippen LogP contribution in [-0.4, -0.2) is 17.6 Å². The van der Waals surface area contributed by atoms with Gasteiger partial charge >= 0.3 is 5.97 Å². The first kappa shape index (κ1) is 8.53. The molecule has 0 aromatic rings. The molecule has 1 rings (SSSR count). The Hall–Kier alpha value is -0.570. The standard InChI is InChI=1S/C8H14NO2/c9-5-6-1-3-7(4-2-6)8(10)11/h6-7,9H,1-5H2,(H,10,11)/t6-,7-. The van der Waals surface area contributed by atoms with Crippen molar-refractivity contribution in [2.24, 2.45) is 11.8 Å². The van der Waals surface area contributed by atoms with E-state index < -0.39 is 5.97 Å². The molecule has 0 heterocycles. The van der Waals surface area contributed by atoms with Gasteiger partial charge in [-0.3, -0.25) is 10.5 Å². The van der Waals surface area contributed by atoms with E-state index in [0.717, 1.165) is 25.7 Å². The first-order chi connectivity index (χ1) is 5.24. The maximum Gasteiger partial charge on any atom is 0.306 e. The highest BCUT2D eigenvalue weighted by Gasteiger charge is 2.24. The van der Waals surface area contributed by atoms with Crippen molar-refractivity contribution in [2.75, 3.05) is 6.54 Å². The van der Waals surface area contributed by atoms with Crippen molar-refractivity contribution in [3.8, 4) is 0 Å². The van der Waals surface area contributed by atoms with Crippen LogP contribution in [0.1, 0.15) is 25.7 Å². The molecule has 0 aromatic heterocycles. The Kier molecular flexibility index (Phi) is 2.88. The first-order valence-corrected chi connectivity index (χ1v) is 4.11. The van der Waals surface area contributed by atoms with E-state index in [1.165, 1.54) is 0 Å². The Balaban J connectivity index is 2.30. The van der Waals surface area contributed by atoms with Crippen molar-refractivity contribution in [3.63, 3.8) is 0 Å². The molecule has 1 saturated carbocycles. The Bertz CT molecular complexity index is 139. The summed E-state index contributed by atoms with van der Waals surface area (Å²) in [7, 11) is 0. The molecule has 0 aliphatic heterocycles. The van der Waals surface area contributed by atoms with Crippen LogP contribution in [0, 0.1) is 11.8 Å². The van der Waals surface area contributed by atoms with E-state index in [1.807, 2.05) is 0 Å². The number of hydrogen-bond acceptors (Lipinski definition) is 1. The van der Waals surface area contributed by atoms with Crippen LogP contribution in [0.15, 0.2) is 0 Å². The molecule has 11 heavy (non-hydrogen) atoms. The van der Waals surface area contributed by atoms with Gasteiger partial charge in [0.15, 0.2) is 0 Å². The molecule has 1 fully saturated rings. The number of hydrogen-bond donors (Lipinski definition) is 1. The van der Waals surface area contributed by atoms with Gasteiger partial charge in [0, 0.05) is 6.54 Å². The Labute approximate surface area is 66.6 Å². The van der Waals surface area contributed by atoms with E-state index in [4.69, 9.17) is 10.8 Å². The largest absolute Gasteiger partial charge is 0.481 e. The van der Waals surface area contributed by atoms with Crippen molar-refractivity contribution >= 4 is 5.97 Å². The number of rotatable bonds is 2. The quantitative estimate of drug-likeness (QED) is 0.652. The van der Waals surface area contributed by atoms with E-state index in [2.05, 4.69) is 0 Å². The van der Waals surface area contributed by atoms with Gasteiger partial charge in [0.05, 0.1) is 5.92 Å². The lowest BCUT2D eigenvalue weighted by atomic mass is 9.82. The lowest BCUT2D eigenvalue weighted by Gasteiger charge is -2.24. The zero-order chi connectivity index (χ0) is 8.27. The summed E-state index contributed by atoms with van der Waals surface area (Å²) in [5, 5.41) is 8.65. The van der Waals surface area contributed by atoms with Gasteiger partial charge in [0.25, 0.3) is 0 Å². The SMILES string of the molecule is [NH]C[C@H]1CC[C@H](C(=O)O)CC1. The number of carboxylic acid groups (broad SMARTS) is 1. The van der Waals surface area contributed by atoms with Crippen molar-refractivity contribution in [3.05, 3.63) is 0 Å². The normalized spacial score (nSPS) is 31.7. The van der Waals surface area contributed by atoms with Gasteiger partial charge in [-0.25, -0.2) is 0 Å². The number of nitrogens with one attached hydrogen (secondary N) is 1. The maximum atomic E-state index is 10.5. The first-order valence-electron chi connectivity index (χ1n) is 4.11. The molecule has 0 spiro atoms. The second-order valence-corrected chi connectivity index (χ2v) is 3.26. The number of aliphatic carboxylic acids is 1. The predicted molar refractivity (Wildman–Crippen MR) is 41.0 cm³/mol. The molecule has 1 radical (unpaired) electrons. The molecule has 0 unspecified atom stereocenters. The van der Waals surface area contributed by atoms with Crippen LogP contribution in [0.3, 0.4) is 0 Å². The minimum Gasteiger partial charge on any atom is -0.481 e. The summed E-state index contributed by atoms with van der Waals surface area (Å²) in [5.74, 6) is -0.322. The van der Waals surface area contributed by atoms with E-state index in [-0.39, 0.29) is 5.92 Å². The van der Waals surface area contributed by atoms with E-state index in [9.17, 15) is 4.79 Å². The van der Waals surface area contributed by atoms with E-state index in [1.54, 1.807) is 0 Å². The van der Waals surface area contributed by atoms with Crippen LogP contribution in [0.5, 0.6) is 0 Å². The Morgan fingerprint density at radius 1 is 1.36 bits per heavy atom. The van der Waals surface area contributed by atoms with Gasteiger partial charge in [0.1, 0.15) is 0 Å². The molecule has 63 valence electrons. The van der Waals surface area contributed by atoms with Crippen molar-refractivity contribution in [2.45, 2.75) is 25.7 Å². The van der Waals surface area contributed by atoms with Crippen LogP contribution in [0.2, 0.25) is 0 Å². The fourth-order valence-corrected chi connectivity index (χ4v) is 1.61. The summed E-state index contributed by atoms with van der Waals surface area (Å²) in [5.41, 5.74) is 7.12. The summed E-state index contributed by atoms with van der Waals surface area (Å²) >= 11 is 0. The third-order valence-electron chi connectivity index (χ3n) is 2.48. The van der Waals surface area contributed by atoms with Crippen LogP contribution < -0.4 is 5.73 Å². The van der Waals surface area contributed by atoms with Crippen molar-refractivity contribution in [1.29, 1.82) is 0 Å². The summed E-state index contributed by atoms with van der Waals surface area (Å²) in [6, 6.07) is 0. The fraction of sp³-hybridized carbons (Fsp3) is 0.875. The van der Waals surface area contributed by atoms with E-state index in [0.29, 0.717) is 12.5 Å². The minimum atomic E-state index is -0.659. The zero-order valence-corrected chi connectivity index (χ0v) is 6.55. The average Bonchev–Trinajstić information content (AvgIpc) is 2.05. The summed E-state index contributed by atoms with van der Waals surface area (Å²) in [6.07, 6.45) is 3.42. The molecule has 2 N–H and O–H groups in total. The van der Waals surface area contributed by atoms with Gasteiger partial charge in [0.2, 0.25) is 0 Å². The zero-order valence-electron chi connectivity index (χ0n) is 6.55. The molecule has 0 saturated heterocycles. The van der Waals surface area contributed by atoms with Gasteiger partial charge in [-0.05, 0) is 31.6 Å². The number of carbonyl (C=O) groups is 1. The Morgan fingerprint density at radius 3 is 2.27 bits per heavy atom. The highest BCUT2D eigenvalue weighted by Crippen LogP contribution is 2.28. The van der Waals surface area contributed by atoms with Crippen molar-refractivity contribution < 1.29 is 9.90 Å². The molecule has 0 bridgehead atoms. The van der Waals surface area contributed by atoms with Crippen molar-refractivity contribution in [1.82, 2.24) is 5.73 Å². The molecule has 0 amide bonds. The Morgan fingerprint density at radius 2 is 1.91 bits per heavy atom. The van der Waals surface area contributed by atoms with Crippen LogP contribution >= 0.6 is 0 Å².